The number of halogens is 1. The van der Waals surface area contributed by atoms with Gasteiger partial charge in [-0.25, -0.2) is 0 Å². The normalized spacial score (nSPS) is 10.5. The van der Waals surface area contributed by atoms with E-state index in [4.69, 9.17) is 10.5 Å². The molecule has 1 rings (SSSR count). The topological polar surface area (TPSA) is 35.2 Å². The van der Waals surface area contributed by atoms with Crippen molar-refractivity contribution < 1.29 is 4.74 Å². The summed E-state index contributed by atoms with van der Waals surface area (Å²) in [6.07, 6.45) is 6.33. The molecule has 0 aromatic heterocycles. The Labute approximate surface area is 113 Å². The van der Waals surface area contributed by atoms with Gasteiger partial charge in [-0.3, -0.25) is 0 Å². The second kappa shape index (κ2) is 8.54. The standard InChI is InChI=1S/C14H22BrNO/c1-2-3-4-5-6-9-17-13-8-7-12(11-16)14(15)10-13/h7-8,10H,2-6,9,11,16H2,1H3. The number of ether oxygens (including phenoxy) is 1. The first-order valence-electron chi connectivity index (χ1n) is 6.39. The van der Waals surface area contributed by atoms with E-state index in [9.17, 15) is 0 Å². The molecule has 0 aliphatic carbocycles. The molecule has 0 bridgehead atoms. The van der Waals surface area contributed by atoms with Gasteiger partial charge in [0.05, 0.1) is 6.61 Å². The zero-order chi connectivity index (χ0) is 12.5. The Kier molecular flexibility index (Phi) is 7.29. The fourth-order valence-corrected chi connectivity index (χ4v) is 2.20. The van der Waals surface area contributed by atoms with Crippen LogP contribution in [-0.2, 0) is 6.54 Å². The van der Waals surface area contributed by atoms with Crippen molar-refractivity contribution in [2.75, 3.05) is 6.61 Å². The quantitative estimate of drug-likeness (QED) is 0.728. The van der Waals surface area contributed by atoms with Gasteiger partial charge in [0.15, 0.2) is 0 Å². The number of hydrogen-bond acceptors (Lipinski definition) is 2. The Balaban J connectivity index is 2.25. The van der Waals surface area contributed by atoms with Gasteiger partial charge in [0.2, 0.25) is 0 Å². The average Bonchev–Trinajstić information content (AvgIpc) is 2.34. The molecule has 0 spiro atoms. The summed E-state index contributed by atoms with van der Waals surface area (Å²) in [5, 5.41) is 0. The van der Waals surface area contributed by atoms with Crippen molar-refractivity contribution in [2.45, 2.75) is 45.6 Å². The number of benzene rings is 1. The molecule has 2 N–H and O–H groups in total. The van der Waals surface area contributed by atoms with Crippen molar-refractivity contribution in [3.63, 3.8) is 0 Å². The van der Waals surface area contributed by atoms with Gasteiger partial charge < -0.3 is 10.5 Å². The number of nitrogens with two attached hydrogens (primary N) is 1. The molecule has 0 aliphatic heterocycles. The van der Waals surface area contributed by atoms with E-state index >= 15 is 0 Å². The maximum Gasteiger partial charge on any atom is 0.120 e. The van der Waals surface area contributed by atoms with Crippen molar-refractivity contribution in [2.24, 2.45) is 5.73 Å². The monoisotopic (exact) mass is 299 g/mol. The van der Waals surface area contributed by atoms with Crippen LogP contribution in [0.15, 0.2) is 22.7 Å². The summed E-state index contributed by atoms with van der Waals surface area (Å²) in [5.41, 5.74) is 6.71. The lowest BCUT2D eigenvalue weighted by Gasteiger charge is -2.08. The van der Waals surface area contributed by atoms with Crippen molar-refractivity contribution >= 4 is 15.9 Å². The Morgan fingerprint density at radius 3 is 2.59 bits per heavy atom. The van der Waals surface area contributed by atoms with E-state index in [0.29, 0.717) is 6.54 Å². The molecule has 0 fully saturated rings. The molecule has 2 nitrogen and oxygen atoms in total. The largest absolute Gasteiger partial charge is 0.494 e. The smallest absolute Gasteiger partial charge is 0.120 e. The third-order valence-electron chi connectivity index (χ3n) is 2.76. The zero-order valence-corrected chi connectivity index (χ0v) is 12.1. The molecule has 0 unspecified atom stereocenters. The molecule has 3 heteroatoms. The SMILES string of the molecule is CCCCCCCOc1ccc(CN)c(Br)c1. The van der Waals surface area contributed by atoms with Crippen LogP contribution >= 0.6 is 15.9 Å². The maximum absolute atomic E-state index is 5.70. The maximum atomic E-state index is 5.70. The summed E-state index contributed by atoms with van der Waals surface area (Å²) in [5.74, 6) is 0.921. The van der Waals surface area contributed by atoms with Gasteiger partial charge in [0.25, 0.3) is 0 Å². The molecular formula is C14H22BrNO. The highest BCUT2D eigenvalue weighted by atomic mass is 79.9. The summed E-state index contributed by atoms with van der Waals surface area (Å²) in [6.45, 7) is 3.59. The Bertz CT molecular complexity index is 328. The number of unbranched alkanes of at least 4 members (excludes halogenated alkanes) is 4. The van der Waals surface area contributed by atoms with Gasteiger partial charge in [0.1, 0.15) is 5.75 Å². The van der Waals surface area contributed by atoms with Crippen LogP contribution < -0.4 is 10.5 Å². The summed E-state index contributed by atoms with van der Waals surface area (Å²) in [6, 6.07) is 5.99. The highest BCUT2D eigenvalue weighted by Gasteiger charge is 2.00. The van der Waals surface area contributed by atoms with E-state index in [-0.39, 0.29) is 0 Å². The first-order valence-corrected chi connectivity index (χ1v) is 7.18. The minimum Gasteiger partial charge on any atom is -0.494 e. The summed E-state index contributed by atoms with van der Waals surface area (Å²) < 4.78 is 6.73. The Hall–Kier alpha value is -0.540. The highest BCUT2D eigenvalue weighted by Crippen LogP contribution is 2.22. The van der Waals surface area contributed by atoms with E-state index in [1.807, 2.05) is 18.2 Å². The lowest BCUT2D eigenvalue weighted by Crippen LogP contribution is -2.00. The molecule has 0 amide bonds. The molecule has 0 radical (unpaired) electrons. The fraction of sp³-hybridized carbons (Fsp3) is 0.571. The van der Waals surface area contributed by atoms with Crippen LogP contribution in [0.1, 0.15) is 44.6 Å². The highest BCUT2D eigenvalue weighted by molar-refractivity contribution is 9.10. The van der Waals surface area contributed by atoms with Crippen LogP contribution in [0.2, 0.25) is 0 Å². The predicted molar refractivity (Wildman–Crippen MR) is 76.3 cm³/mol. The molecule has 0 atom stereocenters. The van der Waals surface area contributed by atoms with Crippen LogP contribution in [0.4, 0.5) is 0 Å². The van der Waals surface area contributed by atoms with Gasteiger partial charge in [-0.2, -0.15) is 0 Å². The van der Waals surface area contributed by atoms with E-state index in [1.165, 1.54) is 25.7 Å². The molecule has 1 aromatic carbocycles. The molecule has 96 valence electrons. The molecule has 17 heavy (non-hydrogen) atoms. The van der Waals surface area contributed by atoms with Crippen LogP contribution in [0, 0.1) is 0 Å². The molecule has 1 aromatic rings. The summed E-state index contributed by atoms with van der Waals surface area (Å²) >= 11 is 3.49. The van der Waals surface area contributed by atoms with Crippen LogP contribution in [-0.4, -0.2) is 6.61 Å². The van der Waals surface area contributed by atoms with Gasteiger partial charge in [-0.1, -0.05) is 54.6 Å². The van der Waals surface area contributed by atoms with Gasteiger partial charge in [-0.15, -0.1) is 0 Å². The second-order valence-corrected chi connectivity index (χ2v) is 5.07. The molecule has 0 aliphatic rings. The van der Waals surface area contributed by atoms with Crippen molar-refractivity contribution in [3.8, 4) is 5.75 Å². The third-order valence-corrected chi connectivity index (χ3v) is 3.50. The third kappa shape index (κ3) is 5.55. The van der Waals surface area contributed by atoms with Crippen molar-refractivity contribution in [1.82, 2.24) is 0 Å². The molecule has 0 saturated carbocycles. The first kappa shape index (κ1) is 14.5. The second-order valence-electron chi connectivity index (χ2n) is 4.22. The van der Waals surface area contributed by atoms with E-state index in [0.717, 1.165) is 28.8 Å². The summed E-state index contributed by atoms with van der Waals surface area (Å²) in [7, 11) is 0. The fourth-order valence-electron chi connectivity index (χ4n) is 1.68. The number of hydrogen-bond donors (Lipinski definition) is 1. The molecule has 0 saturated heterocycles. The minimum absolute atomic E-state index is 0.553. The van der Waals surface area contributed by atoms with E-state index in [1.54, 1.807) is 0 Å². The Morgan fingerprint density at radius 2 is 1.94 bits per heavy atom. The van der Waals surface area contributed by atoms with Crippen LogP contribution in [0.25, 0.3) is 0 Å². The van der Waals surface area contributed by atoms with Gasteiger partial charge >= 0.3 is 0 Å². The number of rotatable bonds is 8. The summed E-state index contributed by atoms with van der Waals surface area (Å²) in [4.78, 5) is 0. The molecular weight excluding hydrogens is 278 g/mol. The van der Waals surface area contributed by atoms with Gasteiger partial charge in [0, 0.05) is 11.0 Å². The zero-order valence-electron chi connectivity index (χ0n) is 10.5. The first-order chi connectivity index (χ1) is 8.27. The van der Waals surface area contributed by atoms with Crippen LogP contribution in [0.5, 0.6) is 5.75 Å². The van der Waals surface area contributed by atoms with E-state index < -0.39 is 0 Å². The van der Waals surface area contributed by atoms with Gasteiger partial charge in [-0.05, 0) is 24.1 Å². The Morgan fingerprint density at radius 1 is 1.18 bits per heavy atom. The molecule has 0 heterocycles. The average molecular weight is 300 g/mol. The predicted octanol–water partition coefficient (Wildman–Crippen LogP) is 4.26. The lowest BCUT2D eigenvalue weighted by molar-refractivity contribution is 0.304. The van der Waals surface area contributed by atoms with Crippen LogP contribution in [0.3, 0.4) is 0 Å². The van der Waals surface area contributed by atoms with Crippen molar-refractivity contribution in [1.29, 1.82) is 0 Å². The lowest BCUT2D eigenvalue weighted by atomic mass is 10.2. The van der Waals surface area contributed by atoms with E-state index in [2.05, 4.69) is 22.9 Å². The van der Waals surface area contributed by atoms with Crippen molar-refractivity contribution in [3.05, 3.63) is 28.2 Å². The minimum atomic E-state index is 0.553.